The lowest BCUT2D eigenvalue weighted by Crippen LogP contribution is -2.33. The molecular weight excluding hydrogens is 339 g/mol. The quantitative estimate of drug-likeness (QED) is 0.836. The van der Waals surface area contributed by atoms with Crippen LogP contribution in [0.1, 0.15) is 18.5 Å². The maximum atomic E-state index is 15.5. The molecule has 4 rings (SSSR count). The standard InChI is InChI=1S/C22H23FN4/c1-15-12-27(14-24)13-19(15)21-20(23)22(26(2)25-21)18-10-6-9-17(11-18)16-7-4-3-5-8-16/h3-11,15,19,22,25H,12-13H2,1-2H3/t15-,19-,22?/m0/s1. The highest BCUT2D eigenvalue weighted by molar-refractivity contribution is 5.64. The van der Waals surface area contributed by atoms with Gasteiger partial charge in [-0.15, -0.1) is 0 Å². The normalized spacial score (nSPS) is 25.6. The summed E-state index contributed by atoms with van der Waals surface area (Å²) < 4.78 is 15.5. The highest BCUT2D eigenvalue weighted by Crippen LogP contribution is 2.41. The minimum Gasteiger partial charge on any atom is -0.319 e. The van der Waals surface area contributed by atoms with E-state index in [-0.39, 0.29) is 17.7 Å². The maximum Gasteiger partial charge on any atom is 0.179 e. The molecule has 2 aromatic carbocycles. The van der Waals surface area contributed by atoms with Crippen LogP contribution >= 0.6 is 0 Å². The SMILES string of the molecule is C[C@H]1CN(C#N)C[C@@H]1C1=C(F)C(c2cccc(-c3ccccc3)c2)N(C)N1. The van der Waals surface area contributed by atoms with E-state index in [1.54, 1.807) is 4.90 Å². The Morgan fingerprint density at radius 1 is 1.07 bits per heavy atom. The first-order valence-electron chi connectivity index (χ1n) is 9.27. The Morgan fingerprint density at radius 2 is 1.81 bits per heavy atom. The van der Waals surface area contributed by atoms with Gasteiger partial charge in [0, 0.05) is 26.1 Å². The molecule has 0 amide bonds. The lowest BCUT2D eigenvalue weighted by molar-refractivity contribution is 0.224. The second-order valence-corrected chi connectivity index (χ2v) is 7.47. The molecule has 138 valence electrons. The number of likely N-dealkylation sites (N-methyl/N-ethyl adjacent to an activating group) is 1. The molecule has 0 spiro atoms. The van der Waals surface area contributed by atoms with Gasteiger partial charge in [0.1, 0.15) is 11.9 Å². The fraction of sp³-hybridized carbons (Fsp3) is 0.318. The molecule has 27 heavy (non-hydrogen) atoms. The zero-order valence-corrected chi connectivity index (χ0v) is 15.6. The molecule has 2 aromatic rings. The third-order valence-electron chi connectivity index (χ3n) is 5.62. The lowest BCUT2D eigenvalue weighted by Gasteiger charge is -2.22. The first-order valence-corrected chi connectivity index (χ1v) is 9.27. The van der Waals surface area contributed by atoms with Crippen LogP contribution < -0.4 is 5.43 Å². The molecule has 1 unspecified atom stereocenters. The summed E-state index contributed by atoms with van der Waals surface area (Å²) in [5, 5.41) is 11.0. The molecule has 2 heterocycles. The van der Waals surface area contributed by atoms with Gasteiger partial charge in [-0.25, -0.2) is 9.40 Å². The number of likely N-dealkylation sites (tertiary alicyclic amines) is 1. The van der Waals surface area contributed by atoms with Crippen molar-refractivity contribution >= 4 is 0 Å². The van der Waals surface area contributed by atoms with Gasteiger partial charge in [-0.05, 0) is 28.7 Å². The fourth-order valence-corrected chi connectivity index (χ4v) is 4.20. The van der Waals surface area contributed by atoms with E-state index in [0.29, 0.717) is 18.8 Å². The summed E-state index contributed by atoms with van der Waals surface area (Å²) in [6.07, 6.45) is 2.19. The second-order valence-electron chi connectivity index (χ2n) is 7.47. The minimum absolute atomic E-state index is 0.00871. The Kier molecular flexibility index (Phi) is 4.59. The van der Waals surface area contributed by atoms with E-state index in [9.17, 15) is 0 Å². The second kappa shape index (κ2) is 7.05. The molecule has 0 bridgehead atoms. The van der Waals surface area contributed by atoms with E-state index in [4.69, 9.17) is 5.26 Å². The van der Waals surface area contributed by atoms with E-state index < -0.39 is 6.04 Å². The van der Waals surface area contributed by atoms with Crippen molar-refractivity contribution in [3.8, 4) is 17.3 Å². The summed E-state index contributed by atoms with van der Waals surface area (Å²) in [6.45, 7) is 3.32. The summed E-state index contributed by atoms with van der Waals surface area (Å²) in [5.41, 5.74) is 6.97. The Balaban J connectivity index is 1.66. The monoisotopic (exact) mass is 362 g/mol. The Bertz CT molecular complexity index is 902. The van der Waals surface area contributed by atoms with Crippen molar-refractivity contribution in [1.82, 2.24) is 15.3 Å². The molecule has 2 aliphatic heterocycles. The molecular formula is C22H23FN4. The average molecular weight is 362 g/mol. The fourth-order valence-electron chi connectivity index (χ4n) is 4.20. The summed E-state index contributed by atoms with van der Waals surface area (Å²) in [7, 11) is 1.87. The van der Waals surface area contributed by atoms with Gasteiger partial charge >= 0.3 is 0 Å². The number of benzene rings is 2. The Hall–Kier alpha value is -2.84. The summed E-state index contributed by atoms with van der Waals surface area (Å²) in [4.78, 5) is 1.71. The zero-order valence-electron chi connectivity index (χ0n) is 15.6. The highest BCUT2D eigenvalue weighted by Gasteiger charge is 2.41. The van der Waals surface area contributed by atoms with Gasteiger partial charge in [-0.3, -0.25) is 0 Å². The molecule has 3 atom stereocenters. The van der Waals surface area contributed by atoms with Crippen LogP contribution in [0.25, 0.3) is 11.1 Å². The summed E-state index contributed by atoms with van der Waals surface area (Å²) in [6, 6.07) is 17.7. The molecule has 1 fully saturated rings. The van der Waals surface area contributed by atoms with E-state index in [2.05, 4.69) is 36.7 Å². The summed E-state index contributed by atoms with van der Waals surface area (Å²) >= 11 is 0. The van der Waals surface area contributed by atoms with Crippen LogP contribution in [0.4, 0.5) is 4.39 Å². The van der Waals surface area contributed by atoms with Gasteiger partial charge in [-0.1, -0.05) is 55.5 Å². The van der Waals surface area contributed by atoms with Crippen molar-refractivity contribution in [2.75, 3.05) is 20.1 Å². The van der Waals surface area contributed by atoms with E-state index in [1.165, 1.54) is 0 Å². The van der Waals surface area contributed by atoms with Crippen LogP contribution in [0.3, 0.4) is 0 Å². The average Bonchev–Trinajstić information content (AvgIpc) is 3.21. The number of hydrogen-bond acceptors (Lipinski definition) is 4. The first kappa shape index (κ1) is 17.6. The number of halogens is 1. The molecule has 5 heteroatoms. The number of nitriles is 1. The van der Waals surface area contributed by atoms with Crippen LogP contribution in [0.15, 0.2) is 66.1 Å². The molecule has 4 nitrogen and oxygen atoms in total. The van der Waals surface area contributed by atoms with E-state index in [1.807, 2.05) is 48.5 Å². The molecule has 1 N–H and O–H groups in total. The van der Waals surface area contributed by atoms with Gasteiger partial charge in [0.2, 0.25) is 0 Å². The van der Waals surface area contributed by atoms with Gasteiger partial charge in [0.05, 0.1) is 5.70 Å². The number of nitrogens with one attached hydrogen (secondary N) is 1. The van der Waals surface area contributed by atoms with Crippen molar-refractivity contribution in [2.45, 2.75) is 13.0 Å². The van der Waals surface area contributed by atoms with E-state index >= 15 is 4.39 Å². The van der Waals surface area contributed by atoms with Crippen molar-refractivity contribution in [2.24, 2.45) is 11.8 Å². The van der Waals surface area contributed by atoms with Crippen LogP contribution in [-0.4, -0.2) is 30.0 Å². The Labute approximate surface area is 159 Å². The molecule has 0 radical (unpaired) electrons. The zero-order chi connectivity index (χ0) is 19.0. The predicted molar refractivity (Wildman–Crippen MR) is 103 cm³/mol. The largest absolute Gasteiger partial charge is 0.319 e. The van der Waals surface area contributed by atoms with Crippen LogP contribution in [0.5, 0.6) is 0 Å². The van der Waals surface area contributed by atoms with Crippen LogP contribution in [0, 0.1) is 23.3 Å². The van der Waals surface area contributed by atoms with Crippen LogP contribution in [0.2, 0.25) is 0 Å². The lowest BCUT2D eigenvalue weighted by atomic mass is 9.92. The maximum absolute atomic E-state index is 15.5. The third kappa shape index (κ3) is 3.17. The van der Waals surface area contributed by atoms with Gasteiger partial charge in [0.15, 0.2) is 6.19 Å². The highest BCUT2D eigenvalue weighted by atomic mass is 19.1. The smallest absolute Gasteiger partial charge is 0.179 e. The predicted octanol–water partition coefficient (Wildman–Crippen LogP) is 4.07. The number of hydrazine groups is 1. The van der Waals surface area contributed by atoms with Gasteiger partial charge in [0.25, 0.3) is 0 Å². The minimum atomic E-state index is -0.452. The first-order chi connectivity index (χ1) is 13.1. The van der Waals surface area contributed by atoms with Crippen molar-refractivity contribution < 1.29 is 4.39 Å². The van der Waals surface area contributed by atoms with E-state index in [0.717, 1.165) is 16.7 Å². The van der Waals surface area contributed by atoms with Crippen molar-refractivity contribution in [3.63, 3.8) is 0 Å². The third-order valence-corrected chi connectivity index (χ3v) is 5.62. The molecule has 0 aliphatic carbocycles. The molecule has 2 aliphatic rings. The van der Waals surface area contributed by atoms with Gasteiger partial charge in [-0.2, -0.15) is 5.26 Å². The van der Waals surface area contributed by atoms with Crippen molar-refractivity contribution in [3.05, 3.63) is 71.7 Å². The Morgan fingerprint density at radius 3 is 2.52 bits per heavy atom. The molecule has 0 saturated carbocycles. The topological polar surface area (TPSA) is 42.3 Å². The molecule has 1 saturated heterocycles. The van der Waals surface area contributed by atoms with Crippen molar-refractivity contribution in [1.29, 1.82) is 5.26 Å². The number of rotatable bonds is 3. The van der Waals surface area contributed by atoms with Gasteiger partial charge < -0.3 is 10.3 Å². The number of nitrogens with zero attached hydrogens (tertiary/aromatic N) is 3. The number of hydrogen-bond donors (Lipinski definition) is 1. The summed E-state index contributed by atoms with van der Waals surface area (Å²) in [5.74, 6) is 0.106. The van der Waals surface area contributed by atoms with Crippen LogP contribution in [-0.2, 0) is 0 Å². The molecule has 0 aromatic heterocycles.